The quantitative estimate of drug-likeness (QED) is 0.366. The van der Waals surface area contributed by atoms with E-state index in [0.29, 0.717) is 0 Å². The Morgan fingerprint density at radius 3 is 2.29 bits per heavy atom. The van der Waals surface area contributed by atoms with Crippen LogP contribution in [0.2, 0.25) is 0 Å². The van der Waals surface area contributed by atoms with Gasteiger partial charge in [0.25, 0.3) is 0 Å². The van der Waals surface area contributed by atoms with Crippen molar-refractivity contribution in [3.63, 3.8) is 0 Å². The fourth-order valence-electron chi connectivity index (χ4n) is 0.196. The van der Waals surface area contributed by atoms with Crippen molar-refractivity contribution in [1.29, 1.82) is 0 Å². The predicted octanol–water partition coefficient (Wildman–Crippen LogP) is -2.15. The van der Waals surface area contributed by atoms with Crippen LogP contribution in [0.4, 0.5) is 0 Å². The molecule has 34 valence electrons. The number of hydrogen-bond donors (Lipinski definition) is 0. The molecular formula is C4H3ClHgO. The van der Waals surface area contributed by atoms with Gasteiger partial charge < -0.3 is 17.1 Å². The maximum Gasteiger partial charge on any atom is 1.00 e. The third kappa shape index (κ3) is 4.40. The predicted molar refractivity (Wildman–Crippen MR) is 18.0 cm³/mol. The first-order valence-electron chi connectivity index (χ1n) is 1.38. The summed E-state index contributed by atoms with van der Waals surface area (Å²) in [6, 6.07) is 0. The summed E-state index contributed by atoms with van der Waals surface area (Å²) in [5, 5.41) is 0. The maximum absolute atomic E-state index is 4.53. The van der Waals surface area contributed by atoms with Crippen LogP contribution in [0.15, 0.2) is 18.1 Å². The molecule has 1 rings (SSSR count). The Morgan fingerprint density at radius 2 is 2.14 bits per heavy atom. The molecule has 0 atom stereocenters. The molecule has 0 aliphatic carbocycles. The minimum absolute atomic E-state index is 0. The van der Waals surface area contributed by atoms with Crippen LogP contribution in [-0.4, -0.2) is 0 Å². The summed E-state index contributed by atoms with van der Waals surface area (Å²) in [5.41, 5.74) is 2.69. The average molecular weight is 303 g/mol. The van der Waals surface area contributed by atoms with Gasteiger partial charge in [-0.2, -0.15) is 0 Å². The topological polar surface area (TPSA) is 9.23 Å². The summed E-state index contributed by atoms with van der Waals surface area (Å²) in [6.07, 6.45) is 3.21. The molecule has 2 radical (unpaired) electrons. The number of hydrogen-bond acceptors (Lipinski definition) is 1. The molecule has 0 amide bonds. The minimum atomic E-state index is 0. The van der Waals surface area contributed by atoms with Crippen molar-refractivity contribution in [2.75, 3.05) is 0 Å². The van der Waals surface area contributed by atoms with Crippen molar-refractivity contribution in [2.45, 2.75) is 0 Å². The Labute approximate surface area is 69.3 Å². The number of halogens is 1. The van der Waals surface area contributed by atoms with Gasteiger partial charge in [0.1, 0.15) is 6.26 Å². The van der Waals surface area contributed by atoms with Crippen LogP contribution in [0.1, 0.15) is 0 Å². The second-order valence-corrected chi connectivity index (χ2v) is 0.723. The van der Waals surface area contributed by atoms with E-state index >= 15 is 0 Å². The molecule has 0 N–H and O–H groups in total. The summed E-state index contributed by atoms with van der Waals surface area (Å²) >= 11 is 0. The van der Waals surface area contributed by atoms with Gasteiger partial charge >= 0.3 is 27.7 Å². The second kappa shape index (κ2) is 6.55. The van der Waals surface area contributed by atoms with Crippen LogP contribution in [0.3, 0.4) is 0 Å². The van der Waals surface area contributed by atoms with E-state index in [1.807, 2.05) is 0 Å². The Balaban J connectivity index is 0. The molecule has 3 heteroatoms. The van der Waals surface area contributed by atoms with Gasteiger partial charge in [-0.05, 0) is 0 Å². The average Bonchev–Trinajstić information content (AvgIpc) is 1.76. The van der Waals surface area contributed by atoms with E-state index in [4.69, 9.17) is 0 Å². The molecular weight excluding hydrogens is 300 g/mol. The van der Waals surface area contributed by atoms with Gasteiger partial charge in [-0.3, -0.25) is 0 Å². The largest absolute Gasteiger partial charge is 1.00 e. The van der Waals surface area contributed by atoms with E-state index in [0.717, 1.165) is 0 Å². The van der Waals surface area contributed by atoms with Crippen molar-refractivity contribution in [3.8, 4) is 0 Å². The summed E-state index contributed by atoms with van der Waals surface area (Å²) in [7, 11) is 0. The molecule has 0 saturated carbocycles. The van der Waals surface area contributed by atoms with Crippen LogP contribution in [-0.2, 0) is 32.4 Å². The minimum Gasteiger partial charge on any atom is -1.00 e. The molecule has 1 aliphatic heterocycles. The van der Waals surface area contributed by atoms with E-state index in [-0.39, 0.29) is 40.1 Å². The smallest absolute Gasteiger partial charge is 1.00 e. The summed E-state index contributed by atoms with van der Waals surface area (Å²) in [4.78, 5) is 0. The molecule has 0 fully saturated rings. The SMILES string of the molecule is C1=C[CH]OC=1.[Cl-].[Hg+]. The molecule has 1 heterocycles. The van der Waals surface area contributed by atoms with Crippen molar-refractivity contribution in [3.05, 3.63) is 24.7 Å². The van der Waals surface area contributed by atoms with Gasteiger partial charge in [0.15, 0.2) is 6.61 Å². The zero-order valence-corrected chi connectivity index (χ0v) is 9.98. The fourth-order valence-corrected chi connectivity index (χ4v) is 0.196. The van der Waals surface area contributed by atoms with Gasteiger partial charge in [-0.25, -0.2) is 0 Å². The maximum atomic E-state index is 4.53. The molecule has 0 unspecified atom stereocenters. The molecule has 0 aromatic carbocycles. The summed E-state index contributed by atoms with van der Waals surface area (Å²) in [5.74, 6) is 0. The standard InChI is InChI=1S/C4H3O.ClH.Hg/c1-2-4-5-3-1;;/h1,3-4H;1H;/q;;+1/p-1. The van der Waals surface area contributed by atoms with E-state index in [1.54, 1.807) is 12.7 Å². The summed E-state index contributed by atoms with van der Waals surface area (Å²) in [6.45, 7) is 1.57. The van der Waals surface area contributed by atoms with E-state index in [1.165, 1.54) is 6.26 Å². The van der Waals surface area contributed by atoms with Crippen LogP contribution >= 0.6 is 0 Å². The summed E-state index contributed by atoms with van der Waals surface area (Å²) < 4.78 is 4.53. The Bertz CT molecular complexity index is 77.7. The molecule has 1 nitrogen and oxygen atoms in total. The van der Waals surface area contributed by atoms with Crippen LogP contribution in [0.5, 0.6) is 0 Å². The van der Waals surface area contributed by atoms with Gasteiger partial charge in [0.05, 0.1) is 0 Å². The first-order valence-corrected chi connectivity index (χ1v) is 1.38. The van der Waals surface area contributed by atoms with Gasteiger partial charge in [-0.1, -0.05) is 5.73 Å². The first-order chi connectivity index (χ1) is 2.50. The third-order valence-corrected chi connectivity index (χ3v) is 0.379. The molecule has 1 aliphatic rings. The Hall–Kier alpha value is 0.545. The number of rotatable bonds is 0. The van der Waals surface area contributed by atoms with Crippen molar-refractivity contribution in [1.82, 2.24) is 0 Å². The van der Waals surface area contributed by atoms with Crippen LogP contribution in [0, 0.1) is 6.61 Å². The Kier molecular flexibility index (Phi) is 9.83. The van der Waals surface area contributed by atoms with Crippen molar-refractivity contribution >= 4 is 0 Å². The first kappa shape index (κ1) is 10.5. The molecule has 0 saturated heterocycles. The normalized spacial score (nSPS) is 11.4. The van der Waals surface area contributed by atoms with Gasteiger partial charge in [0.2, 0.25) is 0 Å². The van der Waals surface area contributed by atoms with E-state index in [9.17, 15) is 0 Å². The van der Waals surface area contributed by atoms with Crippen LogP contribution in [0.25, 0.3) is 0 Å². The fraction of sp³-hybridized carbons (Fsp3) is 0. The molecule has 0 aromatic heterocycles. The molecule has 0 bridgehead atoms. The monoisotopic (exact) mass is 304 g/mol. The van der Waals surface area contributed by atoms with Gasteiger partial charge in [0, 0.05) is 6.08 Å². The molecule has 0 spiro atoms. The van der Waals surface area contributed by atoms with Crippen LogP contribution < -0.4 is 12.4 Å². The van der Waals surface area contributed by atoms with E-state index < -0.39 is 0 Å². The van der Waals surface area contributed by atoms with E-state index in [2.05, 4.69) is 10.5 Å². The number of ether oxygens (including phenoxy) is 1. The van der Waals surface area contributed by atoms with Crippen molar-refractivity contribution < 1.29 is 44.8 Å². The zero-order valence-electron chi connectivity index (χ0n) is 3.73. The Morgan fingerprint density at radius 1 is 1.43 bits per heavy atom. The second-order valence-electron chi connectivity index (χ2n) is 0.723. The molecule has 0 aromatic rings. The third-order valence-electron chi connectivity index (χ3n) is 0.379. The zero-order chi connectivity index (χ0) is 3.54. The molecule has 7 heavy (non-hydrogen) atoms. The van der Waals surface area contributed by atoms with Crippen molar-refractivity contribution in [2.24, 2.45) is 0 Å². The van der Waals surface area contributed by atoms with Gasteiger partial charge in [-0.15, -0.1) is 0 Å².